The van der Waals surface area contributed by atoms with Crippen LogP contribution in [0.1, 0.15) is 32.5 Å². The van der Waals surface area contributed by atoms with Gasteiger partial charge in [0, 0.05) is 5.56 Å². The molecule has 2 aliphatic heterocycles. The second kappa shape index (κ2) is 9.95. The third-order valence-corrected chi connectivity index (χ3v) is 7.36. The van der Waals surface area contributed by atoms with Gasteiger partial charge in [0.05, 0.1) is 11.9 Å². The molecule has 0 bridgehead atoms. The van der Waals surface area contributed by atoms with E-state index in [9.17, 15) is 19.0 Å². The molecule has 6 rings (SSSR count). The normalized spacial score (nSPS) is 25.9. The van der Waals surface area contributed by atoms with Gasteiger partial charge >= 0.3 is 5.97 Å². The number of rotatable bonds is 6. The number of aryl methyl sites for hydroxylation is 1. The molecule has 0 saturated carbocycles. The maximum absolute atomic E-state index is 12.7. The van der Waals surface area contributed by atoms with Gasteiger partial charge in [-0.3, -0.25) is 13.9 Å². The summed E-state index contributed by atoms with van der Waals surface area (Å²) in [7, 11) is -4.63. The third-order valence-electron chi connectivity index (χ3n) is 6.35. The lowest BCUT2D eigenvalue weighted by Crippen LogP contribution is -2.32. The first-order valence-corrected chi connectivity index (χ1v) is 13.4. The van der Waals surface area contributed by atoms with Gasteiger partial charge in [-0.1, -0.05) is 35.9 Å². The number of benzene rings is 2. The highest BCUT2D eigenvalue weighted by Gasteiger charge is 2.55. The fourth-order valence-corrected chi connectivity index (χ4v) is 5.58. The van der Waals surface area contributed by atoms with Crippen molar-refractivity contribution in [3.8, 4) is 0 Å². The molecule has 2 saturated heterocycles. The zero-order valence-electron chi connectivity index (χ0n) is 20.4. The monoisotopic (exact) mass is 550 g/mol. The van der Waals surface area contributed by atoms with Crippen LogP contribution in [0.3, 0.4) is 0 Å². The van der Waals surface area contributed by atoms with Crippen molar-refractivity contribution in [3.05, 3.63) is 83.9 Å². The van der Waals surface area contributed by atoms with Crippen molar-refractivity contribution in [3.63, 3.8) is 0 Å². The number of amides is 1. The SMILES string of the molecule is Cc1ccc(C(=O)OC[C@H]2O[C@@H](n3cnc4c(NC(=O)c5ccccc5)ncnc43)[C@@H]3OP(=O)([O-])O[C@@H]32)cc1. The summed E-state index contributed by atoms with van der Waals surface area (Å²) in [6, 6.07) is 15.4. The van der Waals surface area contributed by atoms with Crippen LogP contribution in [0.2, 0.25) is 0 Å². The first kappa shape index (κ1) is 25.3. The minimum atomic E-state index is -4.63. The van der Waals surface area contributed by atoms with Gasteiger partial charge < -0.3 is 28.7 Å². The number of nitrogens with one attached hydrogen (secondary N) is 1. The lowest BCUT2D eigenvalue weighted by molar-refractivity contribution is -0.222. The predicted molar refractivity (Wildman–Crippen MR) is 132 cm³/mol. The molecule has 1 unspecified atom stereocenters. The average Bonchev–Trinajstić information content (AvgIpc) is 3.59. The molecule has 1 amide bonds. The molecule has 13 nitrogen and oxygen atoms in total. The first-order valence-electron chi connectivity index (χ1n) is 11.9. The summed E-state index contributed by atoms with van der Waals surface area (Å²) >= 11 is 0. The predicted octanol–water partition coefficient (Wildman–Crippen LogP) is 2.39. The number of esters is 1. The van der Waals surface area contributed by atoms with Gasteiger partial charge in [0.2, 0.25) is 0 Å². The Hall–Kier alpha value is -4.00. The van der Waals surface area contributed by atoms with Crippen LogP contribution >= 0.6 is 7.82 Å². The summed E-state index contributed by atoms with van der Waals surface area (Å²) < 4.78 is 35.4. The highest BCUT2D eigenvalue weighted by molar-refractivity contribution is 7.46. The smallest absolute Gasteiger partial charge is 0.338 e. The van der Waals surface area contributed by atoms with Crippen LogP contribution in [0, 0.1) is 6.92 Å². The Morgan fingerprint density at radius 3 is 2.54 bits per heavy atom. The van der Waals surface area contributed by atoms with Gasteiger partial charge in [0.15, 0.2) is 23.2 Å². The zero-order valence-corrected chi connectivity index (χ0v) is 21.3. The number of fused-ring (bicyclic) bond motifs is 2. The fourth-order valence-electron chi connectivity index (χ4n) is 4.46. The summed E-state index contributed by atoms with van der Waals surface area (Å²) in [6.07, 6.45) is -1.56. The number of phosphoric acid groups is 1. The lowest BCUT2D eigenvalue weighted by Gasteiger charge is -2.23. The summed E-state index contributed by atoms with van der Waals surface area (Å²) in [5.74, 6) is -0.830. The van der Waals surface area contributed by atoms with Crippen molar-refractivity contribution < 1.29 is 37.6 Å². The Balaban J connectivity index is 1.24. The number of anilines is 1. The number of hydrogen-bond donors (Lipinski definition) is 1. The summed E-state index contributed by atoms with van der Waals surface area (Å²) in [6.45, 7) is 1.61. The molecule has 0 spiro atoms. The molecule has 2 fully saturated rings. The van der Waals surface area contributed by atoms with Crippen LogP contribution in [0.25, 0.3) is 11.2 Å². The average molecular weight is 550 g/mol. The maximum Gasteiger partial charge on any atom is 0.338 e. The van der Waals surface area contributed by atoms with E-state index in [1.54, 1.807) is 54.6 Å². The third kappa shape index (κ3) is 4.93. The number of imidazole rings is 1. The molecule has 2 aliphatic rings. The Morgan fingerprint density at radius 1 is 1.03 bits per heavy atom. The summed E-state index contributed by atoms with van der Waals surface area (Å²) in [4.78, 5) is 50.1. The quantitative estimate of drug-likeness (QED) is 0.277. The van der Waals surface area contributed by atoms with E-state index in [4.69, 9.17) is 18.5 Å². The van der Waals surface area contributed by atoms with Crippen molar-refractivity contribution in [2.24, 2.45) is 0 Å². The number of carbonyl (C=O) groups is 2. The number of hydrogen-bond acceptors (Lipinski definition) is 11. The van der Waals surface area contributed by atoms with E-state index >= 15 is 0 Å². The van der Waals surface area contributed by atoms with Gasteiger partial charge in [-0.2, -0.15) is 0 Å². The standard InChI is InChI=1S/C25H22N5O8P/c1-14-7-9-16(10-8-14)25(32)35-11-17-19-20(38-39(33,34)37-19)24(36-17)30-13-28-18-21(26-12-27-22(18)30)29-23(31)15-5-3-2-4-6-15/h2-10,12-13,17,19-20,24H,11H2,1H3,(H,33,34)(H,26,27,29,31)/p-1/t17-,19-,20-,24-/m1/s1. The Kier molecular flexibility index (Phi) is 6.45. The topological polar surface area (TPSA) is 167 Å². The van der Waals surface area contributed by atoms with Crippen molar-refractivity contribution in [1.82, 2.24) is 19.5 Å². The highest BCUT2D eigenvalue weighted by atomic mass is 31.2. The van der Waals surface area contributed by atoms with Crippen molar-refractivity contribution in [1.29, 1.82) is 0 Å². The minimum Gasteiger partial charge on any atom is -0.756 e. The van der Waals surface area contributed by atoms with E-state index in [1.165, 1.54) is 17.2 Å². The first-order chi connectivity index (χ1) is 18.8. The van der Waals surface area contributed by atoms with Gasteiger partial charge in [0.25, 0.3) is 13.7 Å². The maximum atomic E-state index is 12.7. The molecular formula is C25H21N5O8P-. The van der Waals surface area contributed by atoms with Crippen LogP contribution < -0.4 is 10.2 Å². The van der Waals surface area contributed by atoms with Crippen molar-refractivity contribution in [2.45, 2.75) is 31.5 Å². The molecular weight excluding hydrogens is 529 g/mol. The second-order valence-corrected chi connectivity index (χ2v) is 10.3. The Bertz CT molecular complexity index is 1600. The van der Waals surface area contributed by atoms with Crippen LogP contribution in [-0.4, -0.2) is 56.3 Å². The minimum absolute atomic E-state index is 0.156. The lowest BCUT2D eigenvalue weighted by atomic mass is 10.1. The van der Waals surface area contributed by atoms with Crippen LogP contribution in [0.15, 0.2) is 67.3 Å². The molecule has 1 N–H and O–H groups in total. The van der Waals surface area contributed by atoms with E-state index in [-0.39, 0.29) is 23.6 Å². The Morgan fingerprint density at radius 2 is 1.77 bits per heavy atom. The van der Waals surface area contributed by atoms with Crippen molar-refractivity contribution in [2.75, 3.05) is 11.9 Å². The molecule has 200 valence electrons. The molecule has 2 aromatic heterocycles. The summed E-state index contributed by atoms with van der Waals surface area (Å²) in [5, 5.41) is 2.71. The number of aromatic nitrogens is 4. The molecule has 0 radical (unpaired) electrons. The van der Waals surface area contributed by atoms with Gasteiger partial charge in [0.1, 0.15) is 31.2 Å². The highest BCUT2D eigenvalue weighted by Crippen LogP contribution is 2.56. The van der Waals surface area contributed by atoms with Gasteiger partial charge in [-0.25, -0.2) is 19.7 Å². The largest absolute Gasteiger partial charge is 0.756 e. The second-order valence-electron chi connectivity index (χ2n) is 8.98. The number of carbonyl (C=O) groups excluding carboxylic acids is 2. The fraction of sp³-hybridized carbons (Fsp3) is 0.240. The molecule has 5 atom stereocenters. The van der Waals surface area contributed by atoms with Gasteiger partial charge in [-0.15, -0.1) is 0 Å². The molecule has 0 aliphatic carbocycles. The van der Waals surface area contributed by atoms with Gasteiger partial charge in [-0.05, 0) is 31.2 Å². The van der Waals surface area contributed by atoms with E-state index in [0.717, 1.165) is 5.56 Å². The summed E-state index contributed by atoms with van der Waals surface area (Å²) in [5.41, 5.74) is 2.26. The molecule has 39 heavy (non-hydrogen) atoms. The zero-order chi connectivity index (χ0) is 27.1. The molecule has 2 aromatic carbocycles. The number of nitrogens with zero attached hydrogens (tertiary/aromatic N) is 4. The molecule has 4 heterocycles. The van der Waals surface area contributed by atoms with E-state index in [1.807, 2.05) is 6.92 Å². The van der Waals surface area contributed by atoms with Crippen molar-refractivity contribution >= 4 is 36.7 Å². The van der Waals surface area contributed by atoms with E-state index in [2.05, 4.69) is 20.3 Å². The number of phosphoric ester groups is 1. The van der Waals surface area contributed by atoms with E-state index < -0.39 is 44.2 Å². The van der Waals surface area contributed by atoms with Crippen LogP contribution in [0.5, 0.6) is 0 Å². The number of ether oxygens (including phenoxy) is 2. The van der Waals surface area contributed by atoms with Crippen LogP contribution in [-0.2, 0) is 23.1 Å². The molecule has 4 aromatic rings. The Labute approximate surface area is 221 Å². The molecule has 14 heteroatoms. The van der Waals surface area contributed by atoms with Crippen LogP contribution in [0.4, 0.5) is 5.82 Å². The van der Waals surface area contributed by atoms with E-state index in [0.29, 0.717) is 11.1 Å².